The summed E-state index contributed by atoms with van der Waals surface area (Å²) in [7, 11) is -3.38. The van der Waals surface area contributed by atoms with Crippen LogP contribution in [0.2, 0.25) is 0 Å². The molecule has 0 aliphatic carbocycles. The number of rotatable bonds is 3. The Bertz CT molecular complexity index is 519. The molecule has 100 valence electrons. The van der Waals surface area contributed by atoms with Crippen LogP contribution in [0.3, 0.4) is 0 Å². The Morgan fingerprint density at radius 3 is 2.89 bits per heavy atom. The number of piperidine rings is 1. The Balaban J connectivity index is 2.25. The minimum Gasteiger partial charge on any atom is -0.330 e. The fraction of sp³-hybridized carbons (Fsp3) is 0.500. The Morgan fingerprint density at radius 2 is 2.22 bits per heavy atom. The smallest absolute Gasteiger partial charge is 0.243 e. The zero-order chi connectivity index (χ0) is 13.2. The van der Waals surface area contributed by atoms with Crippen molar-refractivity contribution in [2.75, 3.05) is 19.6 Å². The van der Waals surface area contributed by atoms with Gasteiger partial charge in [-0.15, -0.1) is 0 Å². The highest BCUT2D eigenvalue weighted by Gasteiger charge is 2.29. The molecule has 1 aliphatic rings. The monoisotopic (exact) mass is 332 g/mol. The highest BCUT2D eigenvalue weighted by atomic mass is 79.9. The van der Waals surface area contributed by atoms with Gasteiger partial charge >= 0.3 is 0 Å². The second-order valence-electron chi connectivity index (χ2n) is 4.56. The van der Waals surface area contributed by atoms with E-state index in [1.807, 2.05) is 6.07 Å². The Kier molecular flexibility index (Phi) is 4.42. The van der Waals surface area contributed by atoms with Crippen molar-refractivity contribution in [2.24, 2.45) is 11.7 Å². The summed E-state index contributed by atoms with van der Waals surface area (Å²) in [6.07, 6.45) is 1.90. The van der Waals surface area contributed by atoms with Crippen molar-refractivity contribution < 1.29 is 8.42 Å². The summed E-state index contributed by atoms with van der Waals surface area (Å²) >= 11 is 3.30. The summed E-state index contributed by atoms with van der Waals surface area (Å²) in [6, 6.07) is 6.83. The predicted octanol–water partition coefficient (Wildman–Crippen LogP) is 1.81. The van der Waals surface area contributed by atoms with E-state index in [0.29, 0.717) is 24.5 Å². The van der Waals surface area contributed by atoms with E-state index in [9.17, 15) is 8.42 Å². The van der Waals surface area contributed by atoms with Crippen molar-refractivity contribution in [1.82, 2.24) is 4.31 Å². The van der Waals surface area contributed by atoms with Crippen LogP contribution in [-0.2, 0) is 10.0 Å². The van der Waals surface area contributed by atoms with Crippen LogP contribution in [0.4, 0.5) is 0 Å². The maximum absolute atomic E-state index is 12.5. The molecular weight excluding hydrogens is 316 g/mol. The third-order valence-electron chi connectivity index (χ3n) is 3.25. The molecule has 0 aromatic heterocycles. The van der Waals surface area contributed by atoms with Gasteiger partial charge in [0.05, 0.1) is 4.90 Å². The van der Waals surface area contributed by atoms with Gasteiger partial charge in [-0.3, -0.25) is 0 Å². The normalized spacial score (nSPS) is 22.0. The molecule has 6 heteroatoms. The van der Waals surface area contributed by atoms with Crippen molar-refractivity contribution >= 4 is 26.0 Å². The summed E-state index contributed by atoms with van der Waals surface area (Å²) in [5.41, 5.74) is 5.64. The number of hydrogen-bond acceptors (Lipinski definition) is 3. The molecule has 0 bridgehead atoms. The van der Waals surface area contributed by atoms with Crippen LogP contribution in [0.1, 0.15) is 12.8 Å². The first-order valence-corrected chi connectivity index (χ1v) is 8.23. The molecule has 1 atom stereocenters. The molecule has 0 saturated carbocycles. The molecule has 1 saturated heterocycles. The van der Waals surface area contributed by atoms with Gasteiger partial charge in [-0.1, -0.05) is 22.0 Å². The van der Waals surface area contributed by atoms with Crippen LogP contribution < -0.4 is 5.73 Å². The van der Waals surface area contributed by atoms with Crippen LogP contribution in [0.5, 0.6) is 0 Å². The molecule has 1 fully saturated rings. The lowest BCUT2D eigenvalue weighted by atomic mass is 10.0. The first kappa shape index (κ1) is 14.0. The number of benzene rings is 1. The molecule has 18 heavy (non-hydrogen) atoms. The molecule has 1 aromatic rings. The minimum atomic E-state index is -3.38. The van der Waals surface area contributed by atoms with E-state index in [1.165, 1.54) is 0 Å². The van der Waals surface area contributed by atoms with Gasteiger partial charge in [0, 0.05) is 17.6 Å². The average Bonchev–Trinajstić information content (AvgIpc) is 2.39. The van der Waals surface area contributed by atoms with Gasteiger partial charge in [-0.2, -0.15) is 4.31 Å². The number of halogens is 1. The third kappa shape index (κ3) is 2.93. The van der Waals surface area contributed by atoms with Gasteiger partial charge in [0.15, 0.2) is 0 Å². The van der Waals surface area contributed by atoms with Crippen molar-refractivity contribution in [3.8, 4) is 0 Å². The topological polar surface area (TPSA) is 63.4 Å². The van der Waals surface area contributed by atoms with Crippen LogP contribution in [0.25, 0.3) is 0 Å². The van der Waals surface area contributed by atoms with Crippen LogP contribution in [-0.4, -0.2) is 32.4 Å². The average molecular weight is 333 g/mol. The van der Waals surface area contributed by atoms with Gasteiger partial charge in [-0.25, -0.2) is 8.42 Å². The molecule has 4 nitrogen and oxygen atoms in total. The molecule has 0 amide bonds. The van der Waals surface area contributed by atoms with E-state index in [0.717, 1.165) is 17.3 Å². The molecule has 2 rings (SSSR count). The summed E-state index contributed by atoms with van der Waals surface area (Å²) in [5, 5.41) is 0. The van der Waals surface area contributed by atoms with E-state index >= 15 is 0 Å². The number of sulfonamides is 1. The van der Waals surface area contributed by atoms with Crippen LogP contribution in [0, 0.1) is 5.92 Å². The van der Waals surface area contributed by atoms with Gasteiger partial charge in [0.2, 0.25) is 10.0 Å². The molecule has 1 heterocycles. The molecule has 1 aromatic carbocycles. The number of hydrogen-bond donors (Lipinski definition) is 1. The minimum absolute atomic E-state index is 0.278. The SMILES string of the molecule is NCC1CCCN(S(=O)(=O)c2cccc(Br)c2)C1. The maximum Gasteiger partial charge on any atom is 0.243 e. The highest BCUT2D eigenvalue weighted by Crippen LogP contribution is 2.24. The lowest BCUT2D eigenvalue weighted by molar-refractivity contribution is 0.271. The number of nitrogens with two attached hydrogens (primary N) is 1. The highest BCUT2D eigenvalue weighted by molar-refractivity contribution is 9.10. The van der Waals surface area contributed by atoms with Crippen LogP contribution in [0.15, 0.2) is 33.6 Å². The first-order valence-electron chi connectivity index (χ1n) is 6.00. The molecule has 0 spiro atoms. The zero-order valence-electron chi connectivity index (χ0n) is 10.0. The summed E-state index contributed by atoms with van der Waals surface area (Å²) in [6.45, 7) is 1.67. The quantitative estimate of drug-likeness (QED) is 0.918. The largest absolute Gasteiger partial charge is 0.330 e. The second kappa shape index (κ2) is 5.69. The fourth-order valence-electron chi connectivity index (χ4n) is 2.21. The Hall–Kier alpha value is -0.430. The van der Waals surface area contributed by atoms with Gasteiger partial charge in [-0.05, 0) is 43.5 Å². The molecular formula is C12H17BrN2O2S. The van der Waals surface area contributed by atoms with Gasteiger partial charge in [0.1, 0.15) is 0 Å². The van der Waals surface area contributed by atoms with E-state index < -0.39 is 10.0 Å². The van der Waals surface area contributed by atoms with E-state index in [2.05, 4.69) is 15.9 Å². The van der Waals surface area contributed by atoms with Crippen molar-refractivity contribution in [2.45, 2.75) is 17.7 Å². The Morgan fingerprint density at radius 1 is 1.44 bits per heavy atom. The fourth-order valence-corrected chi connectivity index (χ4v) is 4.37. The van der Waals surface area contributed by atoms with Gasteiger partial charge in [0.25, 0.3) is 0 Å². The Labute approximate surface area is 116 Å². The number of nitrogens with zero attached hydrogens (tertiary/aromatic N) is 1. The summed E-state index contributed by atoms with van der Waals surface area (Å²) in [4.78, 5) is 0.342. The van der Waals surface area contributed by atoms with E-state index in [-0.39, 0.29) is 5.92 Å². The first-order chi connectivity index (χ1) is 8.54. The predicted molar refractivity (Wildman–Crippen MR) is 74.7 cm³/mol. The molecule has 2 N–H and O–H groups in total. The summed E-state index contributed by atoms with van der Waals surface area (Å²) < 4.78 is 27.3. The lowest BCUT2D eigenvalue weighted by Crippen LogP contribution is -2.41. The maximum atomic E-state index is 12.5. The van der Waals surface area contributed by atoms with Crippen molar-refractivity contribution in [1.29, 1.82) is 0 Å². The van der Waals surface area contributed by atoms with Crippen molar-refractivity contribution in [3.05, 3.63) is 28.7 Å². The van der Waals surface area contributed by atoms with Crippen molar-refractivity contribution in [3.63, 3.8) is 0 Å². The zero-order valence-corrected chi connectivity index (χ0v) is 12.5. The standard InChI is InChI=1S/C12H17BrN2O2S/c13-11-4-1-5-12(7-11)18(16,17)15-6-2-3-10(8-14)9-15/h1,4-5,7,10H,2-3,6,8-9,14H2. The van der Waals surface area contributed by atoms with E-state index in [4.69, 9.17) is 5.73 Å². The molecule has 0 radical (unpaired) electrons. The second-order valence-corrected chi connectivity index (χ2v) is 7.42. The van der Waals surface area contributed by atoms with E-state index in [1.54, 1.807) is 22.5 Å². The molecule has 1 unspecified atom stereocenters. The van der Waals surface area contributed by atoms with Gasteiger partial charge < -0.3 is 5.73 Å². The van der Waals surface area contributed by atoms with Crippen LogP contribution >= 0.6 is 15.9 Å². The third-order valence-corrected chi connectivity index (χ3v) is 5.60. The summed E-state index contributed by atoms with van der Waals surface area (Å²) in [5.74, 6) is 0.278. The lowest BCUT2D eigenvalue weighted by Gasteiger charge is -2.31. The molecule has 1 aliphatic heterocycles.